The Bertz CT molecular complexity index is 1790. The van der Waals surface area contributed by atoms with Crippen LogP contribution in [0.15, 0.2) is 73.2 Å². The Balaban J connectivity index is 1.55. The van der Waals surface area contributed by atoms with E-state index in [1.807, 2.05) is 30.3 Å². The first kappa shape index (κ1) is 25.1. The molecule has 1 aliphatic carbocycles. The van der Waals surface area contributed by atoms with Crippen LogP contribution in [0, 0.1) is 22.6 Å². The molecule has 0 unspecified atom stereocenters. The van der Waals surface area contributed by atoms with E-state index in [1.54, 1.807) is 35.4 Å². The van der Waals surface area contributed by atoms with Gasteiger partial charge in [-0.15, -0.1) is 5.10 Å². The van der Waals surface area contributed by atoms with Gasteiger partial charge in [-0.2, -0.15) is 5.26 Å². The van der Waals surface area contributed by atoms with Crippen molar-refractivity contribution in [2.45, 2.75) is 45.7 Å². The molecular weight excluding hydrogens is 515 g/mol. The largest absolute Gasteiger partial charge is 0.383 e. The number of fused-ring (bicyclic) bond motifs is 1. The summed E-state index contributed by atoms with van der Waals surface area (Å²) in [5, 5.41) is 26.2. The summed E-state index contributed by atoms with van der Waals surface area (Å²) in [6.45, 7) is 6.98. The highest BCUT2D eigenvalue weighted by molar-refractivity contribution is 6.03. The van der Waals surface area contributed by atoms with Crippen LogP contribution in [-0.2, 0) is 0 Å². The first-order valence-electron chi connectivity index (χ1n) is 14.1. The van der Waals surface area contributed by atoms with Crippen LogP contribution >= 0.6 is 0 Å². The van der Waals surface area contributed by atoms with Crippen molar-refractivity contribution >= 4 is 22.3 Å². The molecule has 1 atom stereocenters. The van der Waals surface area contributed by atoms with Gasteiger partial charge in [0.2, 0.25) is 0 Å². The van der Waals surface area contributed by atoms with Gasteiger partial charge in [0.1, 0.15) is 17.6 Å². The molecule has 9 heteroatoms. The van der Waals surface area contributed by atoms with Crippen LogP contribution < -0.4 is 10.6 Å². The molecule has 1 saturated carbocycles. The highest BCUT2D eigenvalue weighted by Gasteiger charge is 2.27. The Labute approximate surface area is 239 Å². The number of nitriles is 1. The lowest BCUT2D eigenvalue weighted by Gasteiger charge is -2.23. The first-order valence-corrected chi connectivity index (χ1v) is 13.6. The van der Waals surface area contributed by atoms with Crippen molar-refractivity contribution in [1.29, 1.82) is 5.26 Å². The number of nitrogens with one attached hydrogen (secondary N) is 2. The highest BCUT2D eigenvalue weighted by atomic mass is 19.1. The quantitative estimate of drug-likeness (QED) is 0.218. The third-order valence-corrected chi connectivity index (χ3v) is 6.92. The highest BCUT2D eigenvalue weighted by Crippen LogP contribution is 2.38. The van der Waals surface area contributed by atoms with E-state index in [-0.39, 0.29) is 11.5 Å². The lowest BCUT2D eigenvalue weighted by atomic mass is 9.96. The number of hydrogen-bond acceptors (Lipinski definition) is 7. The van der Waals surface area contributed by atoms with Crippen LogP contribution in [0.3, 0.4) is 0 Å². The molecule has 0 bridgehead atoms. The van der Waals surface area contributed by atoms with Gasteiger partial charge in [0.25, 0.3) is 0 Å². The smallest absolute Gasteiger partial charge is 0.123 e. The van der Waals surface area contributed by atoms with Crippen LogP contribution in [0.1, 0.15) is 63.9 Å². The summed E-state index contributed by atoms with van der Waals surface area (Å²) >= 11 is 0. The molecule has 3 heterocycles. The van der Waals surface area contributed by atoms with E-state index < -0.39 is 11.8 Å². The van der Waals surface area contributed by atoms with Crippen LogP contribution in [0.25, 0.3) is 22.2 Å². The fourth-order valence-electron chi connectivity index (χ4n) is 4.67. The van der Waals surface area contributed by atoms with Gasteiger partial charge in [0.15, 0.2) is 0 Å². The van der Waals surface area contributed by atoms with Crippen molar-refractivity contribution < 1.29 is 5.76 Å². The van der Waals surface area contributed by atoms with E-state index in [4.69, 9.17) is 0 Å². The summed E-state index contributed by atoms with van der Waals surface area (Å²) in [5.41, 5.74) is 4.61. The monoisotopic (exact) mass is 547 g/mol. The second kappa shape index (κ2) is 10.6. The Hall–Kier alpha value is -4.84. The maximum absolute atomic E-state index is 13.9. The van der Waals surface area contributed by atoms with Crippen LogP contribution in [0.2, 0.25) is 0 Å². The van der Waals surface area contributed by atoms with E-state index >= 15 is 0 Å². The summed E-state index contributed by atoms with van der Waals surface area (Å²) in [7, 11) is 0. The Morgan fingerprint density at radius 2 is 1.95 bits per heavy atom. The average molecular weight is 548 g/mol. The molecule has 0 amide bonds. The van der Waals surface area contributed by atoms with Crippen molar-refractivity contribution in [3.05, 3.63) is 95.8 Å². The number of pyridine rings is 2. The standard InChI is InChI=1S/C32H31FN8/c1-32(2,3)19-37-29-21(16-34)17-36-31-25(27-6-4-5-13-35-27)14-23(15-26(29)31)38-30(20-7-9-22(33)10-8-20)28-18-41(40-39-28)24-11-12-24/h4-10,13-15,17-18,24,30,38H,11-12,19H2,1-3H3,(H,36,37)/t30-/m0/s1/i30D. The lowest BCUT2D eigenvalue weighted by molar-refractivity contribution is 0.443. The minimum atomic E-state index is -1.60. The van der Waals surface area contributed by atoms with Gasteiger partial charge < -0.3 is 10.6 Å². The third kappa shape index (κ3) is 5.73. The zero-order chi connectivity index (χ0) is 29.5. The van der Waals surface area contributed by atoms with Gasteiger partial charge in [-0.3, -0.25) is 9.97 Å². The summed E-state index contributed by atoms with van der Waals surface area (Å²) in [6.07, 6.45) is 7.12. The van der Waals surface area contributed by atoms with Gasteiger partial charge >= 0.3 is 0 Å². The van der Waals surface area contributed by atoms with E-state index in [9.17, 15) is 11.0 Å². The summed E-state index contributed by atoms with van der Waals surface area (Å²) in [5.74, 6) is -0.393. The summed E-state index contributed by atoms with van der Waals surface area (Å²) in [4.78, 5) is 9.26. The fourth-order valence-corrected chi connectivity index (χ4v) is 4.67. The Kier molecular flexibility index (Phi) is 6.51. The molecule has 0 saturated heterocycles. The Morgan fingerprint density at radius 1 is 1.15 bits per heavy atom. The topological polar surface area (TPSA) is 104 Å². The van der Waals surface area contributed by atoms with E-state index in [0.717, 1.165) is 18.4 Å². The molecule has 2 aromatic carbocycles. The zero-order valence-electron chi connectivity index (χ0n) is 24.2. The average Bonchev–Trinajstić information content (AvgIpc) is 3.71. The van der Waals surface area contributed by atoms with Gasteiger partial charge in [0.05, 0.1) is 42.1 Å². The lowest BCUT2D eigenvalue weighted by Crippen LogP contribution is -2.20. The molecular formula is C32H31FN8. The molecule has 41 heavy (non-hydrogen) atoms. The molecule has 5 aromatic rings. The van der Waals surface area contributed by atoms with Crippen molar-refractivity contribution in [2.75, 3.05) is 17.2 Å². The predicted octanol–water partition coefficient (Wildman–Crippen LogP) is 6.89. The molecule has 0 aliphatic heterocycles. The van der Waals surface area contributed by atoms with Crippen molar-refractivity contribution in [3.63, 3.8) is 0 Å². The first-order chi connectivity index (χ1) is 20.1. The van der Waals surface area contributed by atoms with E-state index in [2.05, 4.69) is 57.8 Å². The predicted molar refractivity (Wildman–Crippen MR) is 158 cm³/mol. The van der Waals surface area contributed by atoms with Gasteiger partial charge in [-0.25, -0.2) is 9.07 Å². The number of aromatic nitrogens is 5. The molecule has 8 nitrogen and oxygen atoms in total. The van der Waals surface area contributed by atoms with Crippen molar-refractivity contribution in [1.82, 2.24) is 25.0 Å². The summed E-state index contributed by atoms with van der Waals surface area (Å²) in [6, 6.07) is 16.2. The molecule has 0 radical (unpaired) electrons. The molecule has 1 fully saturated rings. The molecule has 1 aliphatic rings. The maximum Gasteiger partial charge on any atom is 0.123 e. The Morgan fingerprint density at radius 3 is 2.63 bits per heavy atom. The molecule has 2 N–H and O–H groups in total. The normalized spacial score (nSPS) is 15.1. The van der Waals surface area contributed by atoms with Crippen LogP contribution in [0.5, 0.6) is 0 Å². The number of hydrogen-bond donors (Lipinski definition) is 2. The van der Waals surface area contributed by atoms with Gasteiger partial charge in [-0.05, 0) is 60.2 Å². The number of rotatable bonds is 8. The van der Waals surface area contributed by atoms with Crippen molar-refractivity contribution in [3.8, 4) is 17.3 Å². The third-order valence-electron chi connectivity index (χ3n) is 6.92. The molecule has 0 spiro atoms. The second-order valence-electron chi connectivity index (χ2n) is 11.5. The molecule has 3 aromatic heterocycles. The number of anilines is 2. The maximum atomic E-state index is 13.9. The van der Waals surface area contributed by atoms with Crippen molar-refractivity contribution in [2.24, 2.45) is 5.41 Å². The van der Waals surface area contributed by atoms with E-state index in [0.29, 0.717) is 51.3 Å². The number of halogens is 1. The molecule has 6 rings (SSSR count). The fraction of sp³-hybridized carbons (Fsp3) is 0.281. The summed E-state index contributed by atoms with van der Waals surface area (Å²) < 4.78 is 25.5. The molecule has 206 valence electrons. The van der Waals surface area contributed by atoms with Crippen LogP contribution in [0.4, 0.5) is 15.8 Å². The van der Waals surface area contributed by atoms with Gasteiger partial charge in [-0.1, -0.05) is 44.2 Å². The minimum absolute atomic E-state index is 0.0473. The van der Waals surface area contributed by atoms with Gasteiger partial charge in [0, 0.05) is 35.6 Å². The minimum Gasteiger partial charge on any atom is -0.383 e. The number of nitrogens with zero attached hydrogens (tertiary/aromatic N) is 6. The number of benzene rings is 2. The van der Waals surface area contributed by atoms with E-state index in [1.165, 1.54) is 12.1 Å². The second-order valence-corrected chi connectivity index (χ2v) is 11.5. The SMILES string of the molecule is [2H][C@](Nc1cc(-c2ccccn2)c2ncc(C#N)c(NCC(C)(C)C)c2c1)(c1ccc(F)cc1)c1cn(C2CC2)nn1. The van der Waals surface area contributed by atoms with Crippen LogP contribution in [-0.4, -0.2) is 31.5 Å². The zero-order valence-corrected chi connectivity index (χ0v) is 23.2.